The molecule has 1 amide bonds. The van der Waals surface area contributed by atoms with Gasteiger partial charge in [-0.1, -0.05) is 12.5 Å². The molecule has 0 aromatic heterocycles. The van der Waals surface area contributed by atoms with Gasteiger partial charge in [-0.05, 0) is 41.6 Å². The maximum atomic E-state index is 13.1. The van der Waals surface area contributed by atoms with Crippen molar-refractivity contribution < 1.29 is 9.18 Å². The van der Waals surface area contributed by atoms with Crippen molar-refractivity contribution in [1.29, 1.82) is 0 Å². The number of hydrogen-bond donors (Lipinski definition) is 1. The van der Waals surface area contributed by atoms with E-state index in [1.165, 1.54) is 0 Å². The minimum atomic E-state index is -1.08. The molecule has 1 aliphatic rings. The molecule has 0 bridgehead atoms. The van der Waals surface area contributed by atoms with E-state index in [0.717, 1.165) is 25.7 Å². The average Bonchev–Trinajstić information content (AvgIpc) is 2.83. The van der Waals surface area contributed by atoms with Gasteiger partial charge >= 0.3 is 0 Å². The first-order valence-electron chi connectivity index (χ1n) is 5.81. The third-order valence-corrected chi connectivity index (χ3v) is 3.80. The molecule has 1 aliphatic carbocycles. The average molecular weight is 292 g/mol. The molecule has 0 saturated heterocycles. The molecule has 1 N–H and O–H groups in total. The van der Waals surface area contributed by atoms with Crippen LogP contribution >= 0.6 is 15.9 Å². The lowest BCUT2D eigenvalue weighted by molar-refractivity contribution is -0.121. The molecule has 2 unspecified atom stereocenters. The summed E-state index contributed by atoms with van der Waals surface area (Å²) in [6.07, 6.45) is 6.43. The zero-order valence-corrected chi connectivity index (χ0v) is 11.1. The smallest absolute Gasteiger partial charge is 0.220 e. The molecule has 0 spiro atoms. The van der Waals surface area contributed by atoms with Crippen LogP contribution in [0.2, 0.25) is 0 Å². The van der Waals surface area contributed by atoms with Gasteiger partial charge in [-0.2, -0.15) is 0 Å². The molecular weight excluding hydrogens is 273 g/mol. The van der Waals surface area contributed by atoms with Crippen molar-refractivity contribution in [3.8, 4) is 0 Å². The number of hydrogen-bond acceptors (Lipinski definition) is 1. The molecule has 0 aromatic rings. The Kier molecular flexibility index (Phi) is 5.46. The van der Waals surface area contributed by atoms with Gasteiger partial charge in [0.2, 0.25) is 5.91 Å². The summed E-state index contributed by atoms with van der Waals surface area (Å²) in [6, 6.07) is 0. The van der Waals surface area contributed by atoms with E-state index in [2.05, 4.69) is 27.8 Å². The van der Waals surface area contributed by atoms with Gasteiger partial charge in [0.05, 0.1) is 0 Å². The van der Waals surface area contributed by atoms with Crippen LogP contribution in [-0.4, -0.2) is 17.0 Å². The van der Waals surface area contributed by atoms with E-state index >= 15 is 0 Å². The predicted molar refractivity (Wildman–Crippen MR) is 67.2 cm³/mol. The highest BCUT2D eigenvalue weighted by Crippen LogP contribution is 2.54. The van der Waals surface area contributed by atoms with Gasteiger partial charge in [0.1, 0.15) is 0 Å². The van der Waals surface area contributed by atoms with Gasteiger partial charge in [-0.3, -0.25) is 4.79 Å². The summed E-state index contributed by atoms with van der Waals surface area (Å²) in [5.41, 5.74) is 0. The van der Waals surface area contributed by atoms with Crippen molar-refractivity contribution in [2.75, 3.05) is 6.54 Å². The maximum Gasteiger partial charge on any atom is 0.220 e. The van der Waals surface area contributed by atoms with E-state index in [-0.39, 0.29) is 11.8 Å². The Balaban J connectivity index is 1.88. The topological polar surface area (TPSA) is 29.1 Å². The highest BCUT2D eigenvalue weighted by molar-refractivity contribution is 9.10. The number of alkyl halides is 2. The third kappa shape index (κ3) is 5.10. The lowest BCUT2D eigenvalue weighted by Crippen LogP contribution is -2.23. The lowest BCUT2D eigenvalue weighted by atomic mass is 10.2. The highest BCUT2D eigenvalue weighted by atomic mass is 79.9. The standard InChI is InChI=1S/C12H19BrFNO/c1-2-3-7-11(16)15-8-5-4-6-10-9-12(10,13)14/h2,10H,1,3-9H2,(H,15,16). The second-order valence-electron chi connectivity index (χ2n) is 4.34. The number of carbonyl (C=O) groups excluding carboxylic acids is 1. The highest BCUT2D eigenvalue weighted by Gasteiger charge is 2.52. The zero-order valence-electron chi connectivity index (χ0n) is 9.48. The van der Waals surface area contributed by atoms with Crippen LogP contribution in [0.15, 0.2) is 12.7 Å². The number of amides is 1. The Bertz CT molecular complexity index is 255. The molecule has 92 valence electrons. The Morgan fingerprint density at radius 2 is 2.31 bits per heavy atom. The van der Waals surface area contributed by atoms with Gasteiger partial charge in [0.15, 0.2) is 4.58 Å². The first kappa shape index (κ1) is 13.7. The van der Waals surface area contributed by atoms with Crippen LogP contribution in [0.4, 0.5) is 4.39 Å². The van der Waals surface area contributed by atoms with E-state index in [0.29, 0.717) is 19.4 Å². The van der Waals surface area contributed by atoms with Crippen LogP contribution < -0.4 is 5.32 Å². The molecular formula is C12H19BrFNO. The first-order chi connectivity index (χ1) is 7.56. The van der Waals surface area contributed by atoms with Crippen molar-refractivity contribution in [2.24, 2.45) is 5.92 Å². The summed E-state index contributed by atoms with van der Waals surface area (Å²) in [5.74, 6) is 0.260. The number of allylic oxidation sites excluding steroid dienone is 1. The van der Waals surface area contributed by atoms with Crippen LogP contribution in [0, 0.1) is 5.92 Å². The van der Waals surface area contributed by atoms with Crippen molar-refractivity contribution in [2.45, 2.75) is 43.1 Å². The third-order valence-electron chi connectivity index (χ3n) is 2.83. The van der Waals surface area contributed by atoms with E-state index in [9.17, 15) is 9.18 Å². The fourth-order valence-corrected chi connectivity index (χ4v) is 2.27. The molecule has 2 atom stereocenters. The predicted octanol–water partition coefficient (Wildman–Crippen LogP) is 3.32. The Hall–Kier alpha value is -0.380. The summed E-state index contributed by atoms with van der Waals surface area (Å²) in [4.78, 5) is 11.2. The van der Waals surface area contributed by atoms with Crippen molar-refractivity contribution in [3.05, 3.63) is 12.7 Å². The maximum absolute atomic E-state index is 13.1. The van der Waals surface area contributed by atoms with E-state index < -0.39 is 4.58 Å². The molecule has 0 aliphatic heterocycles. The van der Waals surface area contributed by atoms with Gasteiger partial charge < -0.3 is 5.32 Å². The Morgan fingerprint density at radius 3 is 2.88 bits per heavy atom. The molecule has 1 saturated carbocycles. The SMILES string of the molecule is C=CCCC(=O)NCCCCC1CC1(F)Br. The van der Waals surface area contributed by atoms with Crippen LogP contribution in [0.5, 0.6) is 0 Å². The van der Waals surface area contributed by atoms with Crippen LogP contribution in [0.25, 0.3) is 0 Å². The summed E-state index contributed by atoms with van der Waals surface area (Å²) < 4.78 is 12.0. The molecule has 16 heavy (non-hydrogen) atoms. The minimum absolute atomic E-state index is 0.0756. The molecule has 0 heterocycles. The summed E-state index contributed by atoms with van der Waals surface area (Å²) in [5, 5.41) is 2.84. The largest absolute Gasteiger partial charge is 0.356 e. The van der Waals surface area contributed by atoms with E-state index in [1.807, 2.05) is 0 Å². The first-order valence-corrected chi connectivity index (χ1v) is 6.61. The number of unbranched alkanes of at least 4 members (excludes halogenated alkanes) is 1. The van der Waals surface area contributed by atoms with E-state index in [1.54, 1.807) is 6.08 Å². The number of carbonyl (C=O) groups is 1. The van der Waals surface area contributed by atoms with Gasteiger partial charge in [-0.15, -0.1) is 6.58 Å². The van der Waals surface area contributed by atoms with Crippen molar-refractivity contribution in [1.82, 2.24) is 5.32 Å². The van der Waals surface area contributed by atoms with Crippen LogP contribution in [0.3, 0.4) is 0 Å². The summed E-state index contributed by atoms with van der Waals surface area (Å²) in [7, 11) is 0. The summed E-state index contributed by atoms with van der Waals surface area (Å²) >= 11 is 3.03. The molecule has 4 heteroatoms. The van der Waals surface area contributed by atoms with Crippen LogP contribution in [-0.2, 0) is 4.79 Å². The second kappa shape index (κ2) is 6.38. The number of rotatable bonds is 8. The Labute approximate surface area is 105 Å². The normalized spacial score (nSPS) is 27.5. The molecule has 0 aromatic carbocycles. The fourth-order valence-electron chi connectivity index (χ4n) is 1.65. The van der Waals surface area contributed by atoms with Crippen molar-refractivity contribution >= 4 is 21.8 Å². The fraction of sp³-hybridized carbons (Fsp3) is 0.750. The minimum Gasteiger partial charge on any atom is -0.356 e. The number of nitrogens with one attached hydrogen (secondary N) is 1. The molecule has 1 rings (SSSR count). The second-order valence-corrected chi connectivity index (χ2v) is 5.65. The quantitative estimate of drug-likeness (QED) is 0.415. The zero-order chi connectivity index (χ0) is 12.0. The molecule has 1 fully saturated rings. The van der Waals surface area contributed by atoms with Gasteiger partial charge in [0.25, 0.3) is 0 Å². The van der Waals surface area contributed by atoms with Crippen molar-refractivity contribution in [3.63, 3.8) is 0 Å². The molecule has 2 nitrogen and oxygen atoms in total. The van der Waals surface area contributed by atoms with Gasteiger partial charge in [0, 0.05) is 18.9 Å². The van der Waals surface area contributed by atoms with E-state index in [4.69, 9.17) is 0 Å². The summed E-state index contributed by atoms with van der Waals surface area (Å²) in [6.45, 7) is 4.26. The monoisotopic (exact) mass is 291 g/mol. The Morgan fingerprint density at radius 1 is 1.62 bits per heavy atom. The van der Waals surface area contributed by atoms with Gasteiger partial charge in [-0.25, -0.2) is 4.39 Å². The van der Waals surface area contributed by atoms with Crippen LogP contribution in [0.1, 0.15) is 38.5 Å². The molecule has 0 radical (unpaired) electrons. The lowest BCUT2D eigenvalue weighted by Gasteiger charge is -2.04. The number of halogens is 2.